The van der Waals surface area contributed by atoms with Gasteiger partial charge >= 0.3 is 5.97 Å². The zero-order chi connectivity index (χ0) is 12.0. The third-order valence-electron chi connectivity index (χ3n) is 2.21. The molecule has 0 fully saturated rings. The molecular formula is C10H21ClN2O3. The largest absolute Gasteiger partial charge is 0.469 e. The molecule has 0 radical (unpaired) electrons. The smallest absolute Gasteiger partial charge is 0.310 e. The molecule has 5 nitrogen and oxygen atoms in total. The molecule has 1 unspecified atom stereocenters. The lowest BCUT2D eigenvalue weighted by atomic mass is 10.0. The first-order chi connectivity index (χ1) is 6.90. The van der Waals surface area contributed by atoms with Gasteiger partial charge in [-0.25, -0.2) is 0 Å². The lowest BCUT2D eigenvalue weighted by Crippen LogP contribution is -2.45. The van der Waals surface area contributed by atoms with Gasteiger partial charge in [0.05, 0.1) is 19.1 Å². The van der Waals surface area contributed by atoms with Crippen molar-refractivity contribution in [3.8, 4) is 0 Å². The molecule has 0 saturated heterocycles. The molecule has 0 aromatic heterocycles. The fourth-order valence-electron chi connectivity index (χ4n) is 0.959. The second-order valence-electron chi connectivity index (χ2n) is 3.94. The summed E-state index contributed by atoms with van der Waals surface area (Å²) >= 11 is 0. The van der Waals surface area contributed by atoms with Crippen LogP contribution in [0.15, 0.2) is 0 Å². The van der Waals surface area contributed by atoms with Gasteiger partial charge in [-0.1, -0.05) is 20.8 Å². The summed E-state index contributed by atoms with van der Waals surface area (Å²) in [4.78, 5) is 22.4. The standard InChI is InChI=1S/C10H20N2O3.ClH/c1-6(2)8(11)9(13)12-5-7(3)10(14)15-4;/h6-8H,5,11H2,1-4H3,(H,12,13);1H/t7?,8-;/m0./s1. The summed E-state index contributed by atoms with van der Waals surface area (Å²) in [6.45, 7) is 5.68. The van der Waals surface area contributed by atoms with E-state index in [-0.39, 0.29) is 42.7 Å². The highest BCUT2D eigenvalue weighted by atomic mass is 35.5. The van der Waals surface area contributed by atoms with Crippen LogP contribution >= 0.6 is 12.4 Å². The van der Waals surface area contributed by atoms with E-state index in [2.05, 4.69) is 10.1 Å². The number of hydrogen-bond donors (Lipinski definition) is 2. The number of methoxy groups -OCH3 is 1. The summed E-state index contributed by atoms with van der Waals surface area (Å²) in [5, 5.41) is 2.61. The Balaban J connectivity index is 0. The van der Waals surface area contributed by atoms with Crippen molar-refractivity contribution in [2.45, 2.75) is 26.8 Å². The average molecular weight is 253 g/mol. The number of ether oxygens (including phenoxy) is 1. The van der Waals surface area contributed by atoms with Crippen LogP contribution < -0.4 is 11.1 Å². The Hall–Kier alpha value is -0.810. The minimum absolute atomic E-state index is 0. The summed E-state index contributed by atoms with van der Waals surface area (Å²) in [7, 11) is 1.32. The lowest BCUT2D eigenvalue weighted by Gasteiger charge is -2.16. The van der Waals surface area contributed by atoms with Gasteiger partial charge in [0.25, 0.3) is 0 Å². The Labute approximate surface area is 103 Å². The molecule has 0 rings (SSSR count). The maximum Gasteiger partial charge on any atom is 0.310 e. The fraction of sp³-hybridized carbons (Fsp3) is 0.800. The van der Waals surface area contributed by atoms with Gasteiger partial charge in [-0.05, 0) is 5.92 Å². The van der Waals surface area contributed by atoms with Crippen molar-refractivity contribution in [1.82, 2.24) is 5.32 Å². The molecule has 0 aliphatic rings. The zero-order valence-corrected chi connectivity index (χ0v) is 11.0. The normalized spacial score (nSPS) is 13.6. The van der Waals surface area contributed by atoms with Crippen molar-refractivity contribution in [3.63, 3.8) is 0 Å². The number of nitrogens with one attached hydrogen (secondary N) is 1. The Bertz CT molecular complexity index is 234. The number of amides is 1. The highest BCUT2D eigenvalue weighted by Crippen LogP contribution is 1.99. The minimum Gasteiger partial charge on any atom is -0.469 e. The van der Waals surface area contributed by atoms with E-state index in [1.54, 1.807) is 6.92 Å². The topological polar surface area (TPSA) is 81.4 Å². The van der Waals surface area contributed by atoms with Crippen LogP contribution in [0.3, 0.4) is 0 Å². The van der Waals surface area contributed by atoms with Crippen molar-refractivity contribution in [2.75, 3.05) is 13.7 Å². The predicted octanol–water partition coefficient (Wildman–Crippen LogP) is 0.317. The molecule has 3 N–H and O–H groups in total. The van der Waals surface area contributed by atoms with Crippen LogP contribution in [0.1, 0.15) is 20.8 Å². The molecule has 0 aliphatic carbocycles. The van der Waals surface area contributed by atoms with Crippen molar-refractivity contribution in [1.29, 1.82) is 0 Å². The number of nitrogens with two attached hydrogens (primary N) is 1. The Morgan fingerprint density at radius 2 is 1.81 bits per heavy atom. The van der Waals surface area contributed by atoms with E-state index in [0.29, 0.717) is 0 Å². The van der Waals surface area contributed by atoms with Gasteiger partial charge in [-0.3, -0.25) is 9.59 Å². The Kier molecular flexibility index (Phi) is 9.18. The van der Waals surface area contributed by atoms with Crippen LogP contribution in [0.4, 0.5) is 0 Å². The zero-order valence-electron chi connectivity index (χ0n) is 10.1. The predicted molar refractivity (Wildman–Crippen MR) is 64.3 cm³/mol. The van der Waals surface area contributed by atoms with Gasteiger partial charge in [0.2, 0.25) is 5.91 Å². The fourth-order valence-corrected chi connectivity index (χ4v) is 0.959. The summed E-state index contributed by atoms with van der Waals surface area (Å²) in [5.41, 5.74) is 5.63. The van der Waals surface area contributed by atoms with E-state index in [0.717, 1.165) is 0 Å². The van der Waals surface area contributed by atoms with Gasteiger partial charge in [-0.2, -0.15) is 0 Å². The molecule has 0 aromatic carbocycles. The first-order valence-corrected chi connectivity index (χ1v) is 5.01. The molecule has 1 amide bonds. The number of rotatable bonds is 5. The Morgan fingerprint density at radius 3 is 2.19 bits per heavy atom. The van der Waals surface area contributed by atoms with Crippen LogP contribution in [0.25, 0.3) is 0 Å². The Morgan fingerprint density at radius 1 is 1.31 bits per heavy atom. The van der Waals surface area contributed by atoms with Gasteiger partial charge < -0.3 is 15.8 Å². The summed E-state index contributed by atoms with van der Waals surface area (Å²) < 4.78 is 4.53. The highest BCUT2D eigenvalue weighted by Gasteiger charge is 2.19. The van der Waals surface area contributed by atoms with Crippen LogP contribution in [0.5, 0.6) is 0 Å². The number of halogens is 1. The van der Waals surface area contributed by atoms with Crippen LogP contribution in [0.2, 0.25) is 0 Å². The van der Waals surface area contributed by atoms with Crippen LogP contribution in [0, 0.1) is 11.8 Å². The number of hydrogen-bond acceptors (Lipinski definition) is 4. The van der Waals surface area contributed by atoms with E-state index in [1.165, 1.54) is 7.11 Å². The SMILES string of the molecule is COC(=O)C(C)CNC(=O)[C@@H](N)C(C)C.Cl. The minimum atomic E-state index is -0.533. The highest BCUT2D eigenvalue weighted by molar-refractivity contribution is 5.85. The second-order valence-corrected chi connectivity index (χ2v) is 3.94. The summed E-state index contributed by atoms with van der Waals surface area (Å²) in [6, 6.07) is -0.533. The van der Waals surface area contributed by atoms with Gasteiger partial charge in [0.1, 0.15) is 0 Å². The van der Waals surface area contributed by atoms with Gasteiger partial charge in [0, 0.05) is 6.54 Å². The van der Waals surface area contributed by atoms with E-state index in [1.807, 2.05) is 13.8 Å². The summed E-state index contributed by atoms with van der Waals surface area (Å²) in [5.74, 6) is -0.842. The second kappa shape index (κ2) is 8.35. The monoisotopic (exact) mass is 252 g/mol. The molecule has 96 valence electrons. The van der Waals surface area contributed by atoms with E-state index < -0.39 is 6.04 Å². The molecule has 0 saturated carbocycles. The maximum atomic E-state index is 11.4. The van der Waals surface area contributed by atoms with Crippen molar-refractivity contribution >= 4 is 24.3 Å². The molecule has 16 heavy (non-hydrogen) atoms. The molecular weight excluding hydrogens is 232 g/mol. The first-order valence-electron chi connectivity index (χ1n) is 5.01. The molecule has 0 heterocycles. The molecule has 6 heteroatoms. The average Bonchev–Trinajstić information content (AvgIpc) is 2.22. The first kappa shape index (κ1) is 17.6. The van der Waals surface area contributed by atoms with Gasteiger partial charge in [0.15, 0.2) is 0 Å². The van der Waals surface area contributed by atoms with E-state index in [9.17, 15) is 9.59 Å². The third-order valence-corrected chi connectivity index (χ3v) is 2.21. The van der Waals surface area contributed by atoms with E-state index >= 15 is 0 Å². The van der Waals surface area contributed by atoms with E-state index in [4.69, 9.17) is 5.73 Å². The number of carbonyl (C=O) groups is 2. The number of carbonyl (C=O) groups excluding carboxylic acids is 2. The van der Waals surface area contributed by atoms with Crippen molar-refractivity contribution in [3.05, 3.63) is 0 Å². The summed E-state index contributed by atoms with van der Waals surface area (Å²) in [6.07, 6.45) is 0. The lowest BCUT2D eigenvalue weighted by molar-refractivity contribution is -0.144. The molecule has 2 atom stereocenters. The molecule has 0 spiro atoms. The molecule has 0 aromatic rings. The van der Waals surface area contributed by atoms with Crippen molar-refractivity contribution in [2.24, 2.45) is 17.6 Å². The van der Waals surface area contributed by atoms with Crippen molar-refractivity contribution < 1.29 is 14.3 Å². The molecule has 0 bridgehead atoms. The quantitative estimate of drug-likeness (QED) is 0.691. The molecule has 0 aliphatic heterocycles. The van der Waals surface area contributed by atoms with Crippen LogP contribution in [-0.2, 0) is 14.3 Å². The maximum absolute atomic E-state index is 11.4. The third kappa shape index (κ3) is 5.92. The van der Waals surface area contributed by atoms with Crippen LogP contribution in [-0.4, -0.2) is 31.6 Å². The van der Waals surface area contributed by atoms with Gasteiger partial charge in [-0.15, -0.1) is 12.4 Å². The number of esters is 1.